The summed E-state index contributed by atoms with van der Waals surface area (Å²) in [4.78, 5) is 36.4. The highest BCUT2D eigenvalue weighted by molar-refractivity contribution is 7.21. The van der Waals surface area contributed by atoms with Gasteiger partial charge in [0, 0.05) is 26.0 Å². The van der Waals surface area contributed by atoms with Gasteiger partial charge < -0.3 is 20.4 Å². The fourth-order valence-corrected chi connectivity index (χ4v) is 4.58. The first-order chi connectivity index (χ1) is 12.8. The summed E-state index contributed by atoms with van der Waals surface area (Å²) in [6, 6.07) is 3.85. The number of hydrogen-bond donors (Lipinski definition) is 1. The molecule has 3 heterocycles. The molecular formula is C19H27N5O2S. The molecule has 0 spiro atoms. The Balaban J connectivity index is 1.95. The monoisotopic (exact) mass is 389 g/mol. The Morgan fingerprint density at radius 3 is 2.67 bits per heavy atom. The zero-order valence-electron chi connectivity index (χ0n) is 16.4. The Morgan fingerprint density at radius 2 is 2.00 bits per heavy atom. The standard InChI is InChI=1S/C19H27N5O2S/c1-22(2)11-15(25)24-10-6-5-7-14(24)13-9-8-12-16(20)17(19(26)23(3)4)27-18(12)21-13/h8-9,14H,5-7,10-11,20H2,1-4H3/t14-/m1/s1. The molecule has 0 aromatic carbocycles. The lowest BCUT2D eigenvalue weighted by Crippen LogP contribution is -2.43. The number of nitrogens with zero attached hydrogens (tertiary/aromatic N) is 4. The first kappa shape index (κ1) is 19.6. The van der Waals surface area contributed by atoms with Crippen LogP contribution in [0.5, 0.6) is 0 Å². The van der Waals surface area contributed by atoms with E-state index in [0.29, 0.717) is 17.1 Å². The number of piperidine rings is 1. The highest BCUT2D eigenvalue weighted by Gasteiger charge is 2.29. The van der Waals surface area contributed by atoms with E-state index in [0.717, 1.165) is 41.7 Å². The number of hydrogen-bond acceptors (Lipinski definition) is 6. The summed E-state index contributed by atoms with van der Waals surface area (Å²) in [5, 5.41) is 0.802. The summed E-state index contributed by atoms with van der Waals surface area (Å²) in [5.41, 5.74) is 7.55. The van der Waals surface area contributed by atoms with E-state index in [9.17, 15) is 9.59 Å². The van der Waals surface area contributed by atoms with E-state index >= 15 is 0 Å². The Bertz CT molecular complexity index is 861. The molecule has 0 unspecified atom stereocenters. The van der Waals surface area contributed by atoms with Gasteiger partial charge >= 0.3 is 0 Å². The third kappa shape index (κ3) is 3.91. The number of aromatic nitrogens is 1. The third-order valence-electron chi connectivity index (χ3n) is 4.83. The first-order valence-electron chi connectivity index (χ1n) is 9.14. The smallest absolute Gasteiger partial charge is 0.265 e. The summed E-state index contributed by atoms with van der Waals surface area (Å²) in [6.07, 6.45) is 3.00. The molecule has 2 amide bonds. The van der Waals surface area contributed by atoms with E-state index < -0.39 is 0 Å². The van der Waals surface area contributed by atoms with Crippen molar-refractivity contribution in [3.63, 3.8) is 0 Å². The fraction of sp³-hybridized carbons (Fsp3) is 0.526. The number of thiophene rings is 1. The number of nitrogen functional groups attached to an aromatic ring is 1. The number of carbonyl (C=O) groups excluding carboxylic acids is 2. The summed E-state index contributed by atoms with van der Waals surface area (Å²) in [6.45, 7) is 1.15. The molecule has 1 atom stereocenters. The van der Waals surface area contributed by atoms with Gasteiger partial charge in [-0.1, -0.05) is 0 Å². The zero-order chi connectivity index (χ0) is 19.7. The molecule has 27 heavy (non-hydrogen) atoms. The first-order valence-corrected chi connectivity index (χ1v) is 9.96. The molecule has 2 aromatic rings. The number of likely N-dealkylation sites (N-methyl/N-ethyl adjacent to an activating group) is 1. The fourth-order valence-electron chi connectivity index (χ4n) is 3.46. The molecule has 8 heteroatoms. The average Bonchev–Trinajstić information content (AvgIpc) is 2.96. The van der Waals surface area contributed by atoms with Crippen LogP contribution in [0.2, 0.25) is 0 Å². The van der Waals surface area contributed by atoms with Crippen molar-refractivity contribution in [2.45, 2.75) is 25.3 Å². The summed E-state index contributed by atoms with van der Waals surface area (Å²) >= 11 is 1.32. The molecule has 3 rings (SSSR count). The van der Waals surface area contributed by atoms with Crippen LogP contribution in [0.25, 0.3) is 10.2 Å². The van der Waals surface area contributed by atoms with Crippen molar-refractivity contribution in [3.8, 4) is 0 Å². The van der Waals surface area contributed by atoms with Crippen LogP contribution < -0.4 is 5.73 Å². The lowest BCUT2D eigenvalue weighted by atomic mass is 9.98. The van der Waals surface area contributed by atoms with Crippen LogP contribution in [0.1, 0.15) is 40.7 Å². The van der Waals surface area contributed by atoms with Crippen molar-refractivity contribution in [2.24, 2.45) is 0 Å². The van der Waals surface area contributed by atoms with Crippen LogP contribution in [0.15, 0.2) is 12.1 Å². The number of likely N-dealkylation sites (tertiary alicyclic amines) is 1. The largest absolute Gasteiger partial charge is 0.397 e. The van der Waals surface area contributed by atoms with Crippen molar-refractivity contribution in [3.05, 3.63) is 22.7 Å². The molecule has 1 aliphatic rings. The molecule has 0 aliphatic carbocycles. The van der Waals surface area contributed by atoms with Crippen LogP contribution in [-0.2, 0) is 4.79 Å². The molecule has 1 fully saturated rings. The van der Waals surface area contributed by atoms with Gasteiger partial charge in [-0.3, -0.25) is 9.59 Å². The molecule has 2 N–H and O–H groups in total. The molecule has 2 aromatic heterocycles. The topological polar surface area (TPSA) is 82.8 Å². The van der Waals surface area contributed by atoms with Crippen LogP contribution in [0, 0.1) is 0 Å². The molecule has 0 radical (unpaired) electrons. The van der Waals surface area contributed by atoms with E-state index in [1.165, 1.54) is 16.2 Å². The van der Waals surface area contributed by atoms with Gasteiger partial charge in [-0.25, -0.2) is 4.98 Å². The maximum Gasteiger partial charge on any atom is 0.265 e. The second kappa shape index (κ2) is 7.82. The maximum atomic E-state index is 12.7. The number of carbonyl (C=O) groups is 2. The van der Waals surface area contributed by atoms with Crippen molar-refractivity contribution >= 4 is 39.1 Å². The van der Waals surface area contributed by atoms with E-state index in [1.807, 2.05) is 36.0 Å². The van der Waals surface area contributed by atoms with Gasteiger partial charge in [-0.2, -0.15) is 0 Å². The lowest BCUT2D eigenvalue weighted by Gasteiger charge is -2.36. The van der Waals surface area contributed by atoms with Crippen molar-refractivity contribution in [2.75, 3.05) is 47.0 Å². The molecule has 1 saturated heterocycles. The normalized spacial score (nSPS) is 17.5. The minimum Gasteiger partial charge on any atom is -0.397 e. The van der Waals surface area contributed by atoms with Gasteiger partial charge in [0.25, 0.3) is 5.91 Å². The van der Waals surface area contributed by atoms with Crippen LogP contribution >= 0.6 is 11.3 Å². The number of fused-ring (bicyclic) bond motifs is 1. The van der Waals surface area contributed by atoms with Crippen LogP contribution in [0.4, 0.5) is 5.69 Å². The minimum atomic E-state index is -0.113. The van der Waals surface area contributed by atoms with Crippen molar-refractivity contribution in [1.82, 2.24) is 19.7 Å². The van der Waals surface area contributed by atoms with Crippen LogP contribution in [-0.4, -0.2) is 72.8 Å². The average molecular weight is 390 g/mol. The highest BCUT2D eigenvalue weighted by Crippen LogP contribution is 2.36. The van der Waals surface area contributed by atoms with Crippen molar-refractivity contribution in [1.29, 1.82) is 0 Å². The third-order valence-corrected chi connectivity index (χ3v) is 5.94. The van der Waals surface area contributed by atoms with E-state index in [2.05, 4.69) is 0 Å². The Morgan fingerprint density at radius 1 is 1.26 bits per heavy atom. The molecular weight excluding hydrogens is 362 g/mol. The quantitative estimate of drug-likeness (QED) is 0.867. The SMILES string of the molecule is CN(C)CC(=O)N1CCCC[C@@H]1c1ccc2c(N)c(C(=O)N(C)C)sc2n1. The Hall–Kier alpha value is -2.19. The number of rotatable bonds is 4. The summed E-state index contributed by atoms with van der Waals surface area (Å²) < 4.78 is 0. The van der Waals surface area contributed by atoms with Gasteiger partial charge in [0.15, 0.2) is 0 Å². The molecule has 7 nitrogen and oxygen atoms in total. The Labute approximate surface area is 163 Å². The maximum absolute atomic E-state index is 12.7. The number of nitrogens with two attached hydrogens (primary N) is 1. The van der Waals surface area contributed by atoms with Crippen LogP contribution in [0.3, 0.4) is 0 Å². The summed E-state index contributed by atoms with van der Waals surface area (Å²) in [7, 11) is 7.22. The lowest BCUT2D eigenvalue weighted by molar-refractivity contribution is -0.135. The van der Waals surface area contributed by atoms with E-state index in [1.54, 1.807) is 14.1 Å². The highest BCUT2D eigenvalue weighted by atomic mass is 32.1. The zero-order valence-corrected chi connectivity index (χ0v) is 17.2. The van der Waals surface area contributed by atoms with Gasteiger partial charge in [0.1, 0.15) is 9.71 Å². The van der Waals surface area contributed by atoms with E-state index in [-0.39, 0.29) is 17.9 Å². The predicted molar refractivity (Wildman–Crippen MR) is 109 cm³/mol. The van der Waals surface area contributed by atoms with Gasteiger partial charge in [-0.15, -0.1) is 11.3 Å². The van der Waals surface area contributed by atoms with E-state index in [4.69, 9.17) is 10.7 Å². The molecule has 0 saturated carbocycles. The molecule has 146 valence electrons. The second-order valence-electron chi connectivity index (χ2n) is 7.47. The molecule has 0 bridgehead atoms. The number of pyridine rings is 1. The van der Waals surface area contributed by atoms with Gasteiger partial charge in [0.2, 0.25) is 5.91 Å². The van der Waals surface area contributed by atoms with Gasteiger partial charge in [-0.05, 0) is 45.5 Å². The molecule has 1 aliphatic heterocycles. The van der Waals surface area contributed by atoms with Crippen molar-refractivity contribution < 1.29 is 9.59 Å². The predicted octanol–water partition coefficient (Wildman–Crippen LogP) is 2.20. The Kier molecular flexibility index (Phi) is 5.67. The number of anilines is 1. The van der Waals surface area contributed by atoms with Gasteiger partial charge in [0.05, 0.1) is 24.0 Å². The second-order valence-corrected chi connectivity index (χ2v) is 8.47. The number of amides is 2. The summed E-state index contributed by atoms with van der Waals surface area (Å²) in [5.74, 6) is 0.0123. The minimum absolute atomic E-state index is 0.0214.